The van der Waals surface area contributed by atoms with Gasteiger partial charge in [0.2, 0.25) is 5.78 Å². The lowest BCUT2D eigenvalue weighted by Gasteiger charge is -2.10. The zero-order chi connectivity index (χ0) is 14.4. The SMILES string of the molecule is CC=Cc1ccc(OCC(=O)c2cccs2)c(OC)c1. The maximum absolute atomic E-state index is 11.9. The highest BCUT2D eigenvalue weighted by Crippen LogP contribution is 2.28. The fourth-order valence-electron chi connectivity index (χ4n) is 1.75. The molecular formula is C16H16O3S. The Morgan fingerprint density at radius 1 is 1.30 bits per heavy atom. The van der Waals surface area contributed by atoms with Gasteiger partial charge in [0.15, 0.2) is 18.1 Å². The normalized spacial score (nSPS) is 10.7. The topological polar surface area (TPSA) is 35.5 Å². The van der Waals surface area contributed by atoms with E-state index in [-0.39, 0.29) is 12.4 Å². The van der Waals surface area contributed by atoms with Gasteiger partial charge < -0.3 is 9.47 Å². The van der Waals surface area contributed by atoms with Gasteiger partial charge in [0, 0.05) is 0 Å². The Morgan fingerprint density at radius 3 is 2.80 bits per heavy atom. The molecule has 0 unspecified atom stereocenters. The fraction of sp³-hybridized carbons (Fsp3) is 0.188. The van der Waals surface area contributed by atoms with Crippen LogP contribution in [0, 0.1) is 0 Å². The molecule has 0 saturated carbocycles. The van der Waals surface area contributed by atoms with E-state index >= 15 is 0 Å². The highest BCUT2D eigenvalue weighted by molar-refractivity contribution is 7.12. The third-order valence-electron chi connectivity index (χ3n) is 2.70. The molecule has 2 aromatic rings. The molecule has 2 rings (SSSR count). The van der Waals surface area contributed by atoms with Crippen LogP contribution in [0.1, 0.15) is 22.2 Å². The predicted molar refractivity (Wildman–Crippen MR) is 81.8 cm³/mol. The second-order valence-corrected chi connectivity index (χ2v) is 5.05. The number of rotatable bonds is 6. The first-order chi connectivity index (χ1) is 9.74. The van der Waals surface area contributed by atoms with E-state index in [4.69, 9.17) is 9.47 Å². The maximum atomic E-state index is 11.9. The summed E-state index contributed by atoms with van der Waals surface area (Å²) in [6.45, 7) is 1.97. The molecule has 1 aromatic heterocycles. The molecular weight excluding hydrogens is 272 g/mol. The molecule has 3 nitrogen and oxygen atoms in total. The third-order valence-corrected chi connectivity index (χ3v) is 3.61. The molecule has 0 aliphatic carbocycles. The minimum absolute atomic E-state index is 0.0137. The highest BCUT2D eigenvalue weighted by atomic mass is 32.1. The zero-order valence-corrected chi connectivity index (χ0v) is 12.3. The number of allylic oxidation sites excluding steroid dienone is 1. The maximum Gasteiger partial charge on any atom is 0.210 e. The summed E-state index contributed by atoms with van der Waals surface area (Å²) in [4.78, 5) is 12.6. The molecule has 4 heteroatoms. The molecule has 20 heavy (non-hydrogen) atoms. The largest absolute Gasteiger partial charge is 0.493 e. The van der Waals surface area contributed by atoms with E-state index in [2.05, 4.69) is 0 Å². The van der Waals surface area contributed by atoms with Gasteiger partial charge in [-0.2, -0.15) is 0 Å². The van der Waals surface area contributed by atoms with E-state index < -0.39 is 0 Å². The summed E-state index contributed by atoms with van der Waals surface area (Å²) >= 11 is 1.42. The molecule has 0 atom stereocenters. The number of carbonyl (C=O) groups is 1. The van der Waals surface area contributed by atoms with Gasteiger partial charge in [-0.3, -0.25) is 4.79 Å². The molecule has 0 radical (unpaired) electrons. The Morgan fingerprint density at radius 2 is 2.15 bits per heavy atom. The van der Waals surface area contributed by atoms with Crippen molar-refractivity contribution in [2.24, 2.45) is 0 Å². The van der Waals surface area contributed by atoms with Crippen molar-refractivity contribution in [3.05, 3.63) is 52.2 Å². The number of hydrogen-bond acceptors (Lipinski definition) is 4. The summed E-state index contributed by atoms with van der Waals surface area (Å²) < 4.78 is 10.8. The minimum Gasteiger partial charge on any atom is -0.493 e. The number of Topliss-reactive ketones (excluding diaryl/α,β-unsaturated/α-hetero) is 1. The van der Waals surface area contributed by atoms with Crippen LogP contribution in [0.15, 0.2) is 41.8 Å². The number of benzene rings is 1. The van der Waals surface area contributed by atoms with Crippen LogP contribution in [0.2, 0.25) is 0 Å². The number of thiophene rings is 1. The first-order valence-corrected chi connectivity index (χ1v) is 7.13. The Bertz CT molecular complexity index is 600. The molecule has 0 aliphatic heterocycles. The fourth-order valence-corrected chi connectivity index (χ4v) is 2.40. The van der Waals surface area contributed by atoms with Gasteiger partial charge in [0.1, 0.15) is 0 Å². The van der Waals surface area contributed by atoms with Crippen molar-refractivity contribution >= 4 is 23.2 Å². The third kappa shape index (κ3) is 3.48. The molecule has 0 N–H and O–H groups in total. The van der Waals surface area contributed by atoms with Gasteiger partial charge >= 0.3 is 0 Å². The van der Waals surface area contributed by atoms with E-state index in [1.54, 1.807) is 13.2 Å². The van der Waals surface area contributed by atoms with Crippen LogP contribution in [0.3, 0.4) is 0 Å². The van der Waals surface area contributed by atoms with E-state index in [1.807, 2.05) is 48.7 Å². The van der Waals surface area contributed by atoms with Crippen LogP contribution in [0.4, 0.5) is 0 Å². The van der Waals surface area contributed by atoms with E-state index in [0.29, 0.717) is 16.4 Å². The van der Waals surface area contributed by atoms with Crippen molar-refractivity contribution in [1.82, 2.24) is 0 Å². The van der Waals surface area contributed by atoms with E-state index in [1.165, 1.54) is 11.3 Å². The average molecular weight is 288 g/mol. The summed E-state index contributed by atoms with van der Waals surface area (Å²) in [6, 6.07) is 9.27. The highest BCUT2D eigenvalue weighted by Gasteiger charge is 2.10. The smallest absolute Gasteiger partial charge is 0.210 e. The van der Waals surface area contributed by atoms with Gasteiger partial charge in [-0.1, -0.05) is 24.3 Å². The van der Waals surface area contributed by atoms with Crippen molar-refractivity contribution in [3.8, 4) is 11.5 Å². The van der Waals surface area contributed by atoms with Crippen LogP contribution in [0.5, 0.6) is 11.5 Å². The van der Waals surface area contributed by atoms with Gasteiger partial charge in [-0.05, 0) is 36.1 Å². The van der Waals surface area contributed by atoms with Crippen molar-refractivity contribution in [3.63, 3.8) is 0 Å². The second-order valence-electron chi connectivity index (χ2n) is 4.10. The second kappa shape index (κ2) is 6.91. The molecule has 104 valence electrons. The van der Waals surface area contributed by atoms with Crippen LogP contribution in [-0.2, 0) is 0 Å². The summed E-state index contributed by atoms with van der Waals surface area (Å²) in [5.41, 5.74) is 1.03. The standard InChI is InChI=1S/C16H16O3S/c1-3-5-12-7-8-14(15(10-12)18-2)19-11-13(17)16-6-4-9-20-16/h3-10H,11H2,1-2H3. The molecule has 0 amide bonds. The molecule has 1 aromatic carbocycles. The van der Waals surface area contributed by atoms with Crippen molar-refractivity contribution in [1.29, 1.82) is 0 Å². The lowest BCUT2D eigenvalue weighted by atomic mass is 10.2. The van der Waals surface area contributed by atoms with Gasteiger partial charge in [0.25, 0.3) is 0 Å². The van der Waals surface area contributed by atoms with Crippen LogP contribution >= 0.6 is 11.3 Å². The Balaban J connectivity index is 2.07. The quantitative estimate of drug-likeness (QED) is 0.752. The average Bonchev–Trinajstić information content (AvgIpc) is 3.00. The van der Waals surface area contributed by atoms with E-state index in [9.17, 15) is 4.79 Å². The first-order valence-electron chi connectivity index (χ1n) is 6.25. The number of ether oxygens (including phenoxy) is 2. The Hall–Kier alpha value is -2.07. The van der Waals surface area contributed by atoms with Crippen LogP contribution in [-0.4, -0.2) is 19.5 Å². The number of ketones is 1. The van der Waals surface area contributed by atoms with Crippen molar-refractivity contribution < 1.29 is 14.3 Å². The zero-order valence-electron chi connectivity index (χ0n) is 11.5. The number of methoxy groups -OCH3 is 1. The Kier molecular flexibility index (Phi) is 4.96. The monoisotopic (exact) mass is 288 g/mol. The summed E-state index contributed by atoms with van der Waals surface area (Å²) in [5, 5.41) is 1.87. The van der Waals surface area contributed by atoms with Gasteiger partial charge in [0.05, 0.1) is 12.0 Å². The predicted octanol–water partition coefficient (Wildman–Crippen LogP) is 4.05. The number of carbonyl (C=O) groups excluding carboxylic acids is 1. The summed E-state index contributed by atoms with van der Waals surface area (Å²) in [7, 11) is 1.59. The lowest BCUT2D eigenvalue weighted by molar-refractivity contribution is 0.0923. The molecule has 0 aliphatic rings. The lowest BCUT2D eigenvalue weighted by Crippen LogP contribution is -2.10. The van der Waals surface area contributed by atoms with Crippen LogP contribution in [0.25, 0.3) is 6.08 Å². The number of hydrogen-bond donors (Lipinski definition) is 0. The molecule has 0 saturated heterocycles. The molecule has 1 heterocycles. The van der Waals surface area contributed by atoms with Crippen molar-refractivity contribution in [2.45, 2.75) is 6.92 Å². The van der Waals surface area contributed by atoms with Crippen molar-refractivity contribution in [2.75, 3.05) is 13.7 Å². The summed E-state index contributed by atoms with van der Waals surface area (Å²) in [5.74, 6) is 1.17. The molecule has 0 bridgehead atoms. The van der Waals surface area contributed by atoms with E-state index in [0.717, 1.165) is 5.56 Å². The molecule has 0 fully saturated rings. The summed E-state index contributed by atoms with van der Waals surface area (Å²) in [6.07, 6.45) is 3.93. The minimum atomic E-state index is -0.0282. The van der Waals surface area contributed by atoms with Gasteiger partial charge in [-0.15, -0.1) is 11.3 Å². The van der Waals surface area contributed by atoms with Gasteiger partial charge in [-0.25, -0.2) is 0 Å². The van der Waals surface area contributed by atoms with Crippen LogP contribution < -0.4 is 9.47 Å². The Labute approximate surface area is 122 Å². The first kappa shape index (κ1) is 14.3. The molecule has 0 spiro atoms.